The maximum absolute atomic E-state index is 11.5. The van der Waals surface area contributed by atoms with Crippen molar-refractivity contribution >= 4 is 17.4 Å². The van der Waals surface area contributed by atoms with E-state index < -0.39 is 0 Å². The van der Waals surface area contributed by atoms with Crippen molar-refractivity contribution in [2.45, 2.75) is 11.8 Å². The molecule has 1 aromatic rings. The van der Waals surface area contributed by atoms with Crippen LogP contribution < -0.4 is 0 Å². The molecule has 0 heterocycles. The largest absolute Gasteiger partial charge is 0.294 e. The first-order chi connectivity index (χ1) is 5.79. The van der Waals surface area contributed by atoms with Crippen LogP contribution in [0.1, 0.15) is 16.8 Å². The number of ketones is 1. The number of Topliss-reactive ketones (excluding diaryl/α,β-unsaturated/α-hetero) is 1. The van der Waals surface area contributed by atoms with Gasteiger partial charge in [-0.1, -0.05) is 30.3 Å². The molecule has 1 saturated carbocycles. The molecule has 0 spiro atoms. The molecule has 0 bridgehead atoms. The molecule has 1 fully saturated rings. The van der Waals surface area contributed by atoms with Gasteiger partial charge in [-0.05, 0) is 6.42 Å². The molecule has 2 heteroatoms. The van der Waals surface area contributed by atoms with Gasteiger partial charge in [-0.15, -0.1) is 11.6 Å². The summed E-state index contributed by atoms with van der Waals surface area (Å²) in [6.45, 7) is 0. The zero-order valence-electron chi connectivity index (χ0n) is 6.53. The number of carbonyl (C=O) groups excluding carboxylic acids is 1. The third-order valence-electron chi connectivity index (χ3n) is 2.11. The highest BCUT2D eigenvalue weighted by Crippen LogP contribution is 2.38. The Morgan fingerprint density at radius 3 is 2.42 bits per heavy atom. The molecule has 0 aliphatic heterocycles. The Morgan fingerprint density at radius 2 is 1.92 bits per heavy atom. The van der Waals surface area contributed by atoms with Crippen molar-refractivity contribution in [1.29, 1.82) is 0 Å². The van der Waals surface area contributed by atoms with Crippen LogP contribution in [0.25, 0.3) is 0 Å². The average molecular weight is 181 g/mol. The monoisotopic (exact) mass is 180 g/mol. The lowest BCUT2D eigenvalue weighted by Crippen LogP contribution is -2.02. The number of hydrogen-bond donors (Lipinski definition) is 0. The van der Waals surface area contributed by atoms with Gasteiger partial charge in [-0.3, -0.25) is 4.79 Å². The lowest BCUT2D eigenvalue weighted by molar-refractivity contribution is 0.0968. The van der Waals surface area contributed by atoms with E-state index in [-0.39, 0.29) is 17.1 Å². The van der Waals surface area contributed by atoms with Crippen molar-refractivity contribution in [3.8, 4) is 0 Å². The molecule has 0 aromatic heterocycles. The van der Waals surface area contributed by atoms with E-state index in [1.54, 1.807) is 0 Å². The van der Waals surface area contributed by atoms with Crippen LogP contribution in [0, 0.1) is 5.92 Å². The van der Waals surface area contributed by atoms with E-state index in [9.17, 15) is 4.79 Å². The van der Waals surface area contributed by atoms with Crippen molar-refractivity contribution in [3.63, 3.8) is 0 Å². The molecule has 2 unspecified atom stereocenters. The minimum atomic E-state index is 0.0778. The molecule has 1 aliphatic rings. The topological polar surface area (TPSA) is 17.1 Å². The second-order valence-corrected chi connectivity index (χ2v) is 3.65. The van der Waals surface area contributed by atoms with Crippen molar-refractivity contribution in [1.82, 2.24) is 0 Å². The van der Waals surface area contributed by atoms with Gasteiger partial charge in [-0.25, -0.2) is 0 Å². The van der Waals surface area contributed by atoms with E-state index in [1.165, 1.54) is 0 Å². The Kier molecular flexibility index (Phi) is 1.89. The molecule has 2 atom stereocenters. The molecule has 0 N–H and O–H groups in total. The van der Waals surface area contributed by atoms with Crippen LogP contribution in [0.3, 0.4) is 0 Å². The van der Waals surface area contributed by atoms with Gasteiger partial charge in [0.05, 0.1) is 0 Å². The fourth-order valence-corrected chi connectivity index (χ4v) is 1.56. The van der Waals surface area contributed by atoms with Crippen molar-refractivity contribution < 1.29 is 4.79 Å². The third-order valence-corrected chi connectivity index (χ3v) is 2.59. The SMILES string of the molecule is O=C(c1ccccc1)C1CC1Cl. The second-order valence-electron chi connectivity index (χ2n) is 3.09. The van der Waals surface area contributed by atoms with Gasteiger partial charge in [0.25, 0.3) is 0 Å². The van der Waals surface area contributed by atoms with E-state index in [0.717, 1.165) is 12.0 Å². The van der Waals surface area contributed by atoms with Crippen molar-refractivity contribution in [2.75, 3.05) is 0 Å². The van der Waals surface area contributed by atoms with Crippen LogP contribution >= 0.6 is 11.6 Å². The summed E-state index contributed by atoms with van der Waals surface area (Å²) in [4.78, 5) is 11.5. The molecule has 12 heavy (non-hydrogen) atoms. The van der Waals surface area contributed by atoms with Gasteiger partial charge in [0.1, 0.15) is 0 Å². The van der Waals surface area contributed by atoms with Crippen molar-refractivity contribution in [3.05, 3.63) is 35.9 Å². The van der Waals surface area contributed by atoms with Crippen LogP contribution in [0.15, 0.2) is 30.3 Å². The molecule has 1 nitrogen and oxygen atoms in total. The predicted octanol–water partition coefficient (Wildman–Crippen LogP) is 2.50. The Balaban J connectivity index is 2.16. The van der Waals surface area contributed by atoms with Gasteiger partial charge >= 0.3 is 0 Å². The number of halogens is 1. The van der Waals surface area contributed by atoms with Gasteiger partial charge in [-0.2, -0.15) is 0 Å². The summed E-state index contributed by atoms with van der Waals surface area (Å²) in [5.41, 5.74) is 0.783. The molecule has 1 aliphatic carbocycles. The predicted molar refractivity (Wildman–Crippen MR) is 48.5 cm³/mol. The number of alkyl halides is 1. The molecule has 2 rings (SSSR count). The van der Waals surface area contributed by atoms with Gasteiger partial charge in [0, 0.05) is 16.9 Å². The summed E-state index contributed by atoms with van der Waals surface area (Å²) in [7, 11) is 0. The first-order valence-corrected chi connectivity index (χ1v) is 4.46. The van der Waals surface area contributed by atoms with Gasteiger partial charge in [0.2, 0.25) is 0 Å². The summed E-state index contributed by atoms with van der Waals surface area (Å²) in [5, 5.41) is 0.0812. The van der Waals surface area contributed by atoms with Crippen LogP contribution in [0.5, 0.6) is 0 Å². The highest BCUT2D eigenvalue weighted by molar-refractivity contribution is 6.25. The van der Waals surface area contributed by atoms with Crippen LogP contribution in [0.4, 0.5) is 0 Å². The second kappa shape index (κ2) is 2.91. The van der Waals surface area contributed by atoms with E-state index in [4.69, 9.17) is 11.6 Å². The summed E-state index contributed by atoms with van der Waals surface area (Å²) >= 11 is 5.78. The smallest absolute Gasteiger partial charge is 0.167 e. The summed E-state index contributed by atoms with van der Waals surface area (Å²) in [6, 6.07) is 9.33. The molecule has 1 aromatic carbocycles. The summed E-state index contributed by atoms with van der Waals surface area (Å²) in [5.74, 6) is 0.268. The molecule has 0 radical (unpaired) electrons. The average Bonchev–Trinajstić information content (AvgIpc) is 2.83. The fourth-order valence-electron chi connectivity index (χ4n) is 1.25. The first kappa shape index (κ1) is 7.81. The molecule has 62 valence electrons. The molecule has 0 amide bonds. The van der Waals surface area contributed by atoms with E-state index in [0.29, 0.717) is 0 Å². The third kappa shape index (κ3) is 1.37. The van der Waals surface area contributed by atoms with Crippen LogP contribution in [0.2, 0.25) is 0 Å². The van der Waals surface area contributed by atoms with Crippen molar-refractivity contribution in [2.24, 2.45) is 5.92 Å². The quantitative estimate of drug-likeness (QED) is 0.505. The Morgan fingerprint density at radius 1 is 1.33 bits per heavy atom. The summed E-state index contributed by atoms with van der Waals surface area (Å²) in [6.07, 6.45) is 0.843. The lowest BCUT2D eigenvalue weighted by Gasteiger charge is -1.96. The minimum absolute atomic E-state index is 0.0778. The summed E-state index contributed by atoms with van der Waals surface area (Å²) < 4.78 is 0. The molecule has 0 saturated heterocycles. The fraction of sp³-hybridized carbons (Fsp3) is 0.300. The first-order valence-electron chi connectivity index (χ1n) is 4.02. The maximum atomic E-state index is 11.5. The van der Waals surface area contributed by atoms with E-state index in [1.807, 2.05) is 30.3 Å². The Hall–Kier alpha value is -0.820. The van der Waals surface area contributed by atoms with Crippen LogP contribution in [-0.4, -0.2) is 11.2 Å². The van der Waals surface area contributed by atoms with Crippen LogP contribution in [-0.2, 0) is 0 Å². The Labute approximate surface area is 76.4 Å². The molecular weight excluding hydrogens is 172 g/mol. The standard InChI is InChI=1S/C10H9ClO/c11-9-6-8(9)10(12)7-4-2-1-3-5-7/h1-5,8-9H,6H2. The van der Waals surface area contributed by atoms with E-state index >= 15 is 0 Å². The highest BCUT2D eigenvalue weighted by Gasteiger charge is 2.41. The highest BCUT2D eigenvalue weighted by atomic mass is 35.5. The number of rotatable bonds is 2. The van der Waals surface area contributed by atoms with Gasteiger partial charge in [0.15, 0.2) is 5.78 Å². The zero-order chi connectivity index (χ0) is 8.55. The minimum Gasteiger partial charge on any atom is -0.294 e. The zero-order valence-corrected chi connectivity index (χ0v) is 7.29. The number of carbonyl (C=O) groups is 1. The maximum Gasteiger partial charge on any atom is 0.167 e. The number of benzene rings is 1. The Bertz CT molecular complexity index is 294. The lowest BCUT2D eigenvalue weighted by atomic mass is 10.1. The molecular formula is C10H9ClO. The van der Waals surface area contributed by atoms with E-state index in [2.05, 4.69) is 0 Å². The normalized spacial score (nSPS) is 26.8. The van der Waals surface area contributed by atoms with Gasteiger partial charge < -0.3 is 0 Å². The number of hydrogen-bond acceptors (Lipinski definition) is 1.